The molecule has 0 aliphatic rings. The van der Waals surface area contributed by atoms with E-state index in [2.05, 4.69) is 5.32 Å². The first-order valence-electron chi connectivity index (χ1n) is 7.54. The van der Waals surface area contributed by atoms with Gasteiger partial charge in [0.15, 0.2) is 0 Å². The second-order valence-electron chi connectivity index (χ2n) is 6.02. The van der Waals surface area contributed by atoms with E-state index >= 15 is 0 Å². The molecule has 0 saturated heterocycles. The maximum atomic E-state index is 12.5. The highest BCUT2D eigenvalue weighted by molar-refractivity contribution is 7.89. The molecule has 24 heavy (non-hydrogen) atoms. The van der Waals surface area contributed by atoms with Crippen LogP contribution in [0.3, 0.4) is 0 Å². The Morgan fingerprint density at radius 3 is 2.29 bits per heavy atom. The van der Waals surface area contributed by atoms with E-state index in [0.29, 0.717) is 11.3 Å². The van der Waals surface area contributed by atoms with E-state index in [9.17, 15) is 13.2 Å². The van der Waals surface area contributed by atoms with Crippen LogP contribution in [0.2, 0.25) is 0 Å². The SMILES string of the molecule is Cc1cccc(C(=O)Nc2cc(S(=O)(=O)N(C)C)cc(C)c2C)c1. The summed E-state index contributed by atoms with van der Waals surface area (Å²) in [6.45, 7) is 5.59. The number of nitrogens with zero attached hydrogens (tertiary/aromatic N) is 1. The molecule has 0 atom stereocenters. The molecule has 0 aliphatic carbocycles. The number of nitrogens with one attached hydrogen (secondary N) is 1. The van der Waals surface area contributed by atoms with E-state index in [1.807, 2.05) is 32.9 Å². The molecule has 128 valence electrons. The van der Waals surface area contributed by atoms with Crippen molar-refractivity contribution in [1.29, 1.82) is 0 Å². The normalized spacial score (nSPS) is 11.6. The summed E-state index contributed by atoms with van der Waals surface area (Å²) in [5.74, 6) is -0.263. The predicted octanol–water partition coefficient (Wildman–Crippen LogP) is 3.11. The van der Waals surface area contributed by atoms with Gasteiger partial charge >= 0.3 is 0 Å². The van der Waals surface area contributed by atoms with Crippen LogP contribution in [0.15, 0.2) is 41.3 Å². The topological polar surface area (TPSA) is 66.5 Å². The molecule has 0 spiro atoms. The van der Waals surface area contributed by atoms with Crippen LogP contribution in [0.4, 0.5) is 5.69 Å². The lowest BCUT2D eigenvalue weighted by Gasteiger charge is -2.16. The summed E-state index contributed by atoms with van der Waals surface area (Å²) >= 11 is 0. The molecule has 5 nitrogen and oxygen atoms in total. The van der Waals surface area contributed by atoms with Gasteiger partial charge in [0.2, 0.25) is 10.0 Å². The van der Waals surface area contributed by atoms with Crippen molar-refractivity contribution >= 4 is 21.6 Å². The first-order chi connectivity index (χ1) is 11.1. The molecule has 0 heterocycles. The molecule has 2 rings (SSSR count). The van der Waals surface area contributed by atoms with E-state index in [1.165, 1.54) is 20.2 Å². The molecule has 0 unspecified atom stereocenters. The van der Waals surface area contributed by atoms with Crippen molar-refractivity contribution in [3.8, 4) is 0 Å². The van der Waals surface area contributed by atoms with Crippen molar-refractivity contribution in [2.45, 2.75) is 25.7 Å². The van der Waals surface area contributed by atoms with Crippen LogP contribution in [0.25, 0.3) is 0 Å². The minimum absolute atomic E-state index is 0.162. The number of anilines is 1. The van der Waals surface area contributed by atoms with Gasteiger partial charge in [-0.05, 0) is 56.2 Å². The number of hydrogen-bond donors (Lipinski definition) is 1. The Morgan fingerprint density at radius 1 is 1.04 bits per heavy atom. The molecule has 1 N–H and O–H groups in total. The molecule has 1 amide bonds. The van der Waals surface area contributed by atoms with Gasteiger partial charge in [0.05, 0.1) is 4.90 Å². The zero-order chi connectivity index (χ0) is 18.1. The van der Waals surface area contributed by atoms with Crippen molar-refractivity contribution in [2.75, 3.05) is 19.4 Å². The number of amides is 1. The molecule has 0 aromatic heterocycles. The van der Waals surface area contributed by atoms with Crippen molar-refractivity contribution in [3.05, 3.63) is 58.7 Å². The number of benzene rings is 2. The Hall–Kier alpha value is -2.18. The van der Waals surface area contributed by atoms with Crippen molar-refractivity contribution in [1.82, 2.24) is 4.31 Å². The molecule has 6 heteroatoms. The number of sulfonamides is 1. The zero-order valence-corrected chi connectivity index (χ0v) is 15.4. The third kappa shape index (κ3) is 3.66. The summed E-state index contributed by atoms with van der Waals surface area (Å²) in [5.41, 5.74) is 3.67. The Balaban J connectivity index is 2.44. The molecule has 2 aromatic carbocycles. The standard InChI is InChI=1S/C18H22N2O3S/c1-12-7-6-8-15(9-12)18(21)19-17-11-16(10-13(2)14(17)3)24(22,23)20(4)5/h6-11H,1-5H3,(H,19,21). The monoisotopic (exact) mass is 346 g/mol. The number of carbonyl (C=O) groups excluding carboxylic acids is 1. The van der Waals surface area contributed by atoms with Crippen LogP contribution in [0.1, 0.15) is 27.0 Å². The highest BCUT2D eigenvalue weighted by atomic mass is 32.2. The van der Waals surface area contributed by atoms with Crippen LogP contribution < -0.4 is 5.32 Å². The van der Waals surface area contributed by atoms with Gasteiger partial charge in [-0.3, -0.25) is 4.79 Å². The van der Waals surface area contributed by atoms with Gasteiger partial charge in [-0.25, -0.2) is 12.7 Å². The fourth-order valence-electron chi connectivity index (χ4n) is 2.30. The van der Waals surface area contributed by atoms with Crippen LogP contribution in [0, 0.1) is 20.8 Å². The zero-order valence-electron chi connectivity index (χ0n) is 14.5. The van der Waals surface area contributed by atoms with Crippen LogP contribution in [-0.4, -0.2) is 32.7 Å². The average Bonchev–Trinajstić information content (AvgIpc) is 2.51. The number of aryl methyl sites for hydroxylation is 2. The molecule has 0 saturated carbocycles. The second kappa shape index (κ2) is 6.75. The third-order valence-corrected chi connectivity index (χ3v) is 5.74. The highest BCUT2D eigenvalue weighted by Gasteiger charge is 2.20. The fraction of sp³-hybridized carbons (Fsp3) is 0.278. The Labute approximate surface area is 143 Å². The number of rotatable bonds is 4. The van der Waals surface area contributed by atoms with Crippen LogP contribution >= 0.6 is 0 Å². The highest BCUT2D eigenvalue weighted by Crippen LogP contribution is 2.26. The van der Waals surface area contributed by atoms with Crippen LogP contribution in [0.5, 0.6) is 0 Å². The Kier molecular flexibility index (Phi) is 5.11. The lowest BCUT2D eigenvalue weighted by Crippen LogP contribution is -2.23. The van der Waals surface area contributed by atoms with Gasteiger partial charge in [-0.2, -0.15) is 0 Å². The van der Waals surface area contributed by atoms with Crippen LogP contribution in [-0.2, 0) is 10.0 Å². The second-order valence-corrected chi connectivity index (χ2v) is 8.18. The maximum Gasteiger partial charge on any atom is 0.255 e. The van der Waals surface area contributed by atoms with Gasteiger partial charge in [0.1, 0.15) is 0 Å². The summed E-state index contributed by atoms with van der Waals surface area (Å²) in [7, 11) is -0.600. The van der Waals surface area contributed by atoms with E-state index in [4.69, 9.17) is 0 Å². The summed E-state index contributed by atoms with van der Waals surface area (Å²) in [4.78, 5) is 12.6. The molecule has 0 bridgehead atoms. The van der Waals surface area contributed by atoms with E-state index in [-0.39, 0.29) is 10.8 Å². The summed E-state index contributed by atoms with van der Waals surface area (Å²) in [6.07, 6.45) is 0. The van der Waals surface area contributed by atoms with E-state index in [0.717, 1.165) is 21.0 Å². The quantitative estimate of drug-likeness (QED) is 0.925. The molecule has 0 fully saturated rings. The summed E-state index contributed by atoms with van der Waals surface area (Å²) in [5, 5.41) is 2.82. The van der Waals surface area contributed by atoms with Crippen molar-refractivity contribution in [3.63, 3.8) is 0 Å². The molecular formula is C18H22N2O3S. The largest absolute Gasteiger partial charge is 0.322 e. The number of hydrogen-bond acceptors (Lipinski definition) is 3. The van der Waals surface area contributed by atoms with E-state index < -0.39 is 10.0 Å². The van der Waals surface area contributed by atoms with Gasteiger partial charge < -0.3 is 5.32 Å². The molecule has 2 aromatic rings. The molecule has 0 aliphatic heterocycles. The van der Waals surface area contributed by atoms with Crippen molar-refractivity contribution in [2.24, 2.45) is 0 Å². The Morgan fingerprint density at radius 2 is 1.71 bits per heavy atom. The lowest BCUT2D eigenvalue weighted by molar-refractivity contribution is 0.102. The van der Waals surface area contributed by atoms with Gasteiger partial charge in [0.25, 0.3) is 5.91 Å². The smallest absolute Gasteiger partial charge is 0.255 e. The van der Waals surface area contributed by atoms with Gasteiger partial charge in [-0.1, -0.05) is 17.7 Å². The van der Waals surface area contributed by atoms with Gasteiger partial charge in [-0.15, -0.1) is 0 Å². The fourth-order valence-corrected chi connectivity index (χ4v) is 3.31. The first kappa shape index (κ1) is 18.2. The van der Waals surface area contributed by atoms with Crippen molar-refractivity contribution < 1.29 is 13.2 Å². The Bertz CT molecular complexity index is 887. The average molecular weight is 346 g/mol. The number of carbonyl (C=O) groups is 1. The predicted molar refractivity (Wildman–Crippen MR) is 95.9 cm³/mol. The molecule has 0 radical (unpaired) electrons. The van der Waals surface area contributed by atoms with Gasteiger partial charge in [0, 0.05) is 25.3 Å². The minimum atomic E-state index is -3.56. The third-order valence-electron chi connectivity index (χ3n) is 3.95. The van der Waals surface area contributed by atoms with E-state index in [1.54, 1.807) is 18.2 Å². The molecular weight excluding hydrogens is 324 g/mol. The summed E-state index contributed by atoms with van der Waals surface area (Å²) in [6, 6.07) is 10.4. The minimum Gasteiger partial charge on any atom is -0.322 e. The first-order valence-corrected chi connectivity index (χ1v) is 8.98. The summed E-state index contributed by atoms with van der Waals surface area (Å²) < 4.78 is 25.9. The lowest BCUT2D eigenvalue weighted by atomic mass is 10.1. The maximum absolute atomic E-state index is 12.5.